The highest BCUT2D eigenvalue weighted by molar-refractivity contribution is 6.06. The van der Waals surface area contributed by atoms with Crippen molar-refractivity contribution in [3.8, 4) is 5.75 Å². The van der Waals surface area contributed by atoms with Crippen LogP contribution in [0.2, 0.25) is 0 Å². The first-order valence-electron chi connectivity index (χ1n) is 9.18. The van der Waals surface area contributed by atoms with Gasteiger partial charge in [-0.25, -0.2) is 4.79 Å². The normalized spacial score (nSPS) is 12.1. The average Bonchev–Trinajstić information content (AvgIpc) is 3.09. The molecular weight excluding hydrogens is 354 g/mol. The smallest absolute Gasteiger partial charge is 0.333 e. The van der Waals surface area contributed by atoms with E-state index in [1.54, 1.807) is 14.0 Å². The molecule has 142 valence electrons. The van der Waals surface area contributed by atoms with Crippen molar-refractivity contribution in [2.75, 3.05) is 19.0 Å². The van der Waals surface area contributed by atoms with Crippen molar-refractivity contribution in [2.24, 2.45) is 0 Å². The molecule has 3 aromatic carbocycles. The first kappa shape index (κ1) is 17.9. The Labute approximate surface area is 162 Å². The number of rotatable bonds is 6. The second kappa shape index (κ2) is 7.64. The number of fused-ring (bicyclic) bond motifs is 3. The Morgan fingerprint density at radius 3 is 2.50 bits per heavy atom. The zero-order valence-electron chi connectivity index (χ0n) is 15.8. The Hall–Kier alpha value is -3.47. The van der Waals surface area contributed by atoms with Crippen molar-refractivity contribution < 1.29 is 18.7 Å². The molecule has 0 aliphatic heterocycles. The predicted molar refractivity (Wildman–Crippen MR) is 110 cm³/mol. The van der Waals surface area contributed by atoms with E-state index in [4.69, 9.17) is 13.9 Å². The summed E-state index contributed by atoms with van der Waals surface area (Å²) in [4.78, 5) is 12.6. The summed E-state index contributed by atoms with van der Waals surface area (Å²) in [6, 6.07) is 20.5. The number of nitrogens with one attached hydrogen (secondary N) is 1. The van der Waals surface area contributed by atoms with Gasteiger partial charge in [-0.3, -0.25) is 0 Å². The number of carbonyl (C=O) groups is 1. The first-order chi connectivity index (χ1) is 13.7. The van der Waals surface area contributed by atoms with E-state index in [2.05, 4.69) is 5.32 Å². The van der Waals surface area contributed by atoms with Gasteiger partial charge in [-0.15, -0.1) is 0 Å². The summed E-state index contributed by atoms with van der Waals surface area (Å²) in [6.07, 6.45) is 0. The zero-order chi connectivity index (χ0) is 19.5. The Morgan fingerprint density at radius 2 is 1.75 bits per heavy atom. The van der Waals surface area contributed by atoms with Gasteiger partial charge in [-0.2, -0.15) is 0 Å². The number of ether oxygens (including phenoxy) is 2. The Bertz CT molecular complexity index is 1120. The molecule has 0 aliphatic carbocycles. The Morgan fingerprint density at radius 1 is 1.00 bits per heavy atom. The minimum atomic E-state index is -0.656. The lowest BCUT2D eigenvalue weighted by Gasteiger charge is -2.20. The van der Waals surface area contributed by atoms with Crippen LogP contribution in [-0.4, -0.2) is 19.7 Å². The maximum absolute atomic E-state index is 12.6. The van der Waals surface area contributed by atoms with Crippen LogP contribution in [0.1, 0.15) is 18.5 Å². The van der Waals surface area contributed by atoms with Gasteiger partial charge in [0.1, 0.15) is 16.9 Å². The highest BCUT2D eigenvalue weighted by Crippen LogP contribution is 2.37. The average molecular weight is 375 g/mol. The second-order valence-electron chi connectivity index (χ2n) is 6.39. The van der Waals surface area contributed by atoms with Crippen molar-refractivity contribution in [3.05, 3.63) is 72.3 Å². The van der Waals surface area contributed by atoms with Crippen molar-refractivity contribution >= 4 is 33.6 Å². The third-order valence-electron chi connectivity index (χ3n) is 4.65. The van der Waals surface area contributed by atoms with E-state index in [9.17, 15) is 4.79 Å². The van der Waals surface area contributed by atoms with Crippen LogP contribution in [-0.2, 0) is 9.53 Å². The van der Waals surface area contributed by atoms with Crippen LogP contribution in [0.3, 0.4) is 0 Å². The summed E-state index contributed by atoms with van der Waals surface area (Å²) in [5, 5.41) is 5.26. The highest BCUT2D eigenvalue weighted by atomic mass is 16.5. The number of esters is 1. The zero-order valence-corrected chi connectivity index (χ0v) is 15.8. The van der Waals surface area contributed by atoms with Crippen molar-refractivity contribution in [1.29, 1.82) is 0 Å². The molecule has 0 fully saturated rings. The molecule has 0 unspecified atom stereocenters. The van der Waals surface area contributed by atoms with Crippen molar-refractivity contribution in [1.82, 2.24) is 0 Å². The summed E-state index contributed by atoms with van der Waals surface area (Å²) in [6.45, 7) is 2.10. The second-order valence-corrected chi connectivity index (χ2v) is 6.39. The number of hydrogen-bond donors (Lipinski definition) is 1. The molecule has 0 spiro atoms. The number of methoxy groups -OCH3 is 1. The number of furan rings is 1. The molecule has 5 heteroatoms. The van der Waals surface area contributed by atoms with Gasteiger partial charge >= 0.3 is 5.97 Å². The van der Waals surface area contributed by atoms with E-state index < -0.39 is 6.04 Å². The monoisotopic (exact) mass is 375 g/mol. The third-order valence-corrected chi connectivity index (χ3v) is 4.65. The molecule has 1 atom stereocenters. The Kier molecular flexibility index (Phi) is 4.89. The summed E-state index contributed by atoms with van der Waals surface area (Å²) >= 11 is 0. The molecule has 0 amide bonds. The minimum absolute atomic E-state index is 0.309. The molecule has 0 saturated carbocycles. The molecule has 4 aromatic rings. The molecule has 5 nitrogen and oxygen atoms in total. The van der Waals surface area contributed by atoms with Gasteiger partial charge in [0.25, 0.3) is 0 Å². The van der Waals surface area contributed by atoms with Gasteiger partial charge in [0.2, 0.25) is 0 Å². The fourth-order valence-corrected chi connectivity index (χ4v) is 3.34. The highest BCUT2D eigenvalue weighted by Gasteiger charge is 2.24. The molecule has 0 aliphatic rings. The van der Waals surface area contributed by atoms with Gasteiger partial charge in [0.05, 0.1) is 19.4 Å². The molecule has 1 aromatic heterocycles. The van der Waals surface area contributed by atoms with Gasteiger partial charge in [0.15, 0.2) is 6.04 Å². The van der Waals surface area contributed by atoms with Crippen molar-refractivity contribution in [3.63, 3.8) is 0 Å². The molecule has 0 radical (unpaired) electrons. The van der Waals surface area contributed by atoms with E-state index in [0.717, 1.165) is 27.5 Å². The topological polar surface area (TPSA) is 60.7 Å². The maximum Gasteiger partial charge on any atom is 0.333 e. The van der Waals surface area contributed by atoms with Crippen LogP contribution in [0.15, 0.2) is 71.1 Å². The number of benzene rings is 3. The SMILES string of the molecule is CCOC(=O)[C@H](Nc1cc2oc3ccccc3c2cc1OC)c1ccccc1. The summed E-state index contributed by atoms with van der Waals surface area (Å²) < 4.78 is 16.8. The van der Waals surface area contributed by atoms with Crippen LogP contribution in [0.5, 0.6) is 5.75 Å². The standard InChI is InChI=1S/C23H21NO4/c1-3-27-23(25)22(15-9-5-4-6-10-15)24-18-14-20-17(13-21(18)26-2)16-11-7-8-12-19(16)28-20/h4-14,22,24H,3H2,1-2H3/t22-/m1/s1. The fraction of sp³-hybridized carbons (Fsp3) is 0.174. The lowest BCUT2D eigenvalue weighted by molar-refractivity contribution is -0.144. The van der Waals surface area contributed by atoms with Crippen LogP contribution in [0.25, 0.3) is 21.9 Å². The lowest BCUT2D eigenvalue weighted by atomic mass is 10.1. The van der Waals surface area contributed by atoms with Gasteiger partial charge in [-0.1, -0.05) is 48.5 Å². The van der Waals surface area contributed by atoms with E-state index in [1.807, 2.05) is 66.7 Å². The molecular formula is C23H21NO4. The van der Waals surface area contributed by atoms with Crippen LogP contribution < -0.4 is 10.1 Å². The van der Waals surface area contributed by atoms with Crippen LogP contribution in [0, 0.1) is 0 Å². The molecule has 1 N–H and O–H groups in total. The molecule has 28 heavy (non-hydrogen) atoms. The summed E-state index contributed by atoms with van der Waals surface area (Å²) in [5.74, 6) is 0.282. The van der Waals surface area contributed by atoms with Gasteiger partial charge < -0.3 is 19.2 Å². The van der Waals surface area contributed by atoms with Gasteiger partial charge in [-0.05, 0) is 24.6 Å². The summed E-state index contributed by atoms with van der Waals surface area (Å²) in [7, 11) is 1.61. The van der Waals surface area contributed by atoms with Crippen LogP contribution >= 0.6 is 0 Å². The molecule has 1 heterocycles. The molecule has 4 rings (SSSR count). The molecule has 0 saturated heterocycles. The number of anilines is 1. The lowest BCUT2D eigenvalue weighted by Crippen LogP contribution is -2.23. The minimum Gasteiger partial charge on any atom is -0.495 e. The largest absolute Gasteiger partial charge is 0.495 e. The van der Waals surface area contributed by atoms with Crippen molar-refractivity contribution in [2.45, 2.75) is 13.0 Å². The molecule has 0 bridgehead atoms. The predicted octanol–water partition coefficient (Wildman–Crippen LogP) is 5.31. The quantitative estimate of drug-likeness (QED) is 0.463. The first-order valence-corrected chi connectivity index (χ1v) is 9.18. The van der Waals surface area contributed by atoms with E-state index in [0.29, 0.717) is 18.0 Å². The van der Waals surface area contributed by atoms with E-state index >= 15 is 0 Å². The van der Waals surface area contributed by atoms with E-state index in [-0.39, 0.29) is 5.97 Å². The maximum atomic E-state index is 12.6. The number of hydrogen-bond acceptors (Lipinski definition) is 5. The van der Waals surface area contributed by atoms with E-state index in [1.165, 1.54) is 0 Å². The fourth-order valence-electron chi connectivity index (χ4n) is 3.34. The summed E-state index contributed by atoms with van der Waals surface area (Å²) in [5.41, 5.74) is 3.01. The number of para-hydroxylation sites is 1. The Balaban J connectivity index is 1.79. The third kappa shape index (κ3) is 3.27. The van der Waals surface area contributed by atoms with Crippen LogP contribution in [0.4, 0.5) is 5.69 Å². The van der Waals surface area contributed by atoms with Gasteiger partial charge in [0, 0.05) is 16.8 Å². The number of carbonyl (C=O) groups excluding carboxylic acids is 1.